The van der Waals surface area contributed by atoms with E-state index in [-0.39, 0.29) is 18.3 Å². The minimum atomic E-state index is -0.450. The summed E-state index contributed by atoms with van der Waals surface area (Å²) in [5.74, 6) is -0.578. The van der Waals surface area contributed by atoms with Crippen molar-refractivity contribution in [3.8, 4) is 0 Å². The van der Waals surface area contributed by atoms with E-state index in [2.05, 4.69) is 20.8 Å². The van der Waals surface area contributed by atoms with Crippen LogP contribution in [0.15, 0.2) is 46.9 Å². The number of hydrogen-bond donors (Lipinski definition) is 1. The number of rotatable bonds is 8. The molecule has 0 unspecified atom stereocenters. The SMILES string of the molecule is CCOC(=O)c1ccsc1NC(=O)CSc1nnnn1Cc1ccccc1. The molecule has 0 atom stereocenters. The fraction of sp³-hybridized carbons (Fsp3) is 0.235. The first-order valence-corrected chi connectivity index (χ1v) is 10.0. The van der Waals surface area contributed by atoms with Crippen LogP contribution in [-0.2, 0) is 16.1 Å². The normalized spacial score (nSPS) is 10.6. The summed E-state index contributed by atoms with van der Waals surface area (Å²) < 4.78 is 6.62. The van der Waals surface area contributed by atoms with Gasteiger partial charge in [0.2, 0.25) is 11.1 Å². The minimum Gasteiger partial charge on any atom is -0.462 e. The Labute approximate surface area is 163 Å². The first-order valence-electron chi connectivity index (χ1n) is 8.14. The van der Waals surface area contributed by atoms with E-state index in [4.69, 9.17) is 4.74 Å². The number of esters is 1. The second kappa shape index (κ2) is 9.28. The predicted molar refractivity (Wildman–Crippen MR) is 103 cm³/mol. The lowest BCUT2D eigenvalue weighted by atomic mass is 10.2. The zero-order valence-corrected chi connectivity index (χ0v) is 16.1. The van der Waals surface area contributed by atoms with Gasteiger partial charge in [0.15, 0.2) is 0 Å². The summed E-state index contributed by atoms with van der Waals surface area (Å²) in [6, 6.07) is 11.4. The number of benzene rings is 1. The van der Waals surface area contributed by atoms with Gasteiger partial charge in [-0.3, -0.25) is 4.79 Å². The number of aromatic nitrogens is 4. The van der Waals surface area contributed by atoms with E-state index >= 15 is 0 Å². The molecule has 0 spiro atoms. The fourth-order valence-corrected chi connectivity index (χ4v) is 3.69. The van der Waals surface area contributed by atoms with Crippen LogP contribution in [-0.4, -0.2) is 44.4 Å². The number of nitrogens with one attached hydrogen (secondary N) is 1. The highest BCUT2D eigenvalue weighted by Gasteiger charge is 2.17. The van der Waals surface area contributed by atoms with Gasteiger partial charge in [0, 0.05) is 0 Å². The van der Waals surface area contributed by atoms with Gasteiger partial charge in [-0.15, -0.1) is 16.4 Å². The molecular formula is C17H17N5O3S2. The van der Waals surface area contributed by atoms with Gasteiger partial charge in [0.05, 0.1) is 24.5 Å². The lowest BCUT2D eigenvalue weighted by Gasteiger charge is -2.06. The van der Waals surface area contributed by atoms with Crippen molar-refractivity contribution in [3.05, 3.63) is 52.9 Å². The van der Waals surface area contributed by atoms with Crippen molar-refractivity contribution in [1.82, 2.24) is 20.2 Å². The van der Waals surface area contributed by atoms with Gasteiger partial charge in [-0.05, 0) is 34.4 Å². The molecule has 3 rings (SSSR count). The highest BCUT2D eigenvalue weighted by atomic mass is 32.2. The summed E-state index contributed by atoms with van der Waals surface area (Å²) >= 11 is 2.50. The van der Waals surface area contributed by atoms with Crippen molar-refractivity contribution < 1.29 is 14.3 Å². The van der Waals surface area contributed by atoms with Crippen molar-refractivity contribution in [2.24, 2.45) is 0 Å². The number of ether oxygens (including phenoxy) is 1. The monoisotopic (exact) mass is 403 g/mol. The molecule has 27 heavy (non-hydrogen) atoms. The van der Waals surface area contributed by atoms with Crippen LogP contribution in [0.25, 0.3) is 0 Å². The zero-order valence-electron chi connectivity index (χ0n) is 14.5. The van der Waals surface area contributed by atoms with Crippen LogP contribution in [0.2, 0.25) is 0 Å². The van der Waals surface area contributed by atoms with Gasteiger partial charge in [-0.1, -0.05) is 42.1 Å². The largest absolute Gasteiger partial charge is 0.462 e. The topological polar surface area (TPSA) is 99.0 Å². The maximum atomic E-state index is 12.3. The molecule has 8 nitrogen and oxygen atoms in total. The molecule has 3 aromatic rings. The Morgan fingerprint density at radius 3 is 2.85 bits per heavy atom. The smallest absolute Gasteiger partial charge is 0.341 e. The molecule has 0 fully saturated rings. The number of carbonyl (C=O) groups is 2. The molecule has 0 aliphatic heterocycles. The highest BCUT2D eigenvalue weighted by Crippen LogP contribution is 2.25. The Hall–Kier alpha value is -2.72. The number of nitrogens with zero attached hydrogens (tertiary/aromatic N) is 4. The average Bonchev–Trinajstić information content (AvgIpc) is 3.30. The zero-order chi connectivity index (χ0) is 19.1. The number of thioether (sulfide) groups is 1. The summed E-state index contributed by atoms with van der Waals surface area (Å²) in [6.45, 7) is 2.54. The number of tetrazole rings is 1. The third-order valence-corrected chi connectivity index (χ3v) is 5.21. The number of thiophene rings is 1. The van der Waals surface area contributed by atoms with Crippen molar-refractivity contribution >= 4 is 40.0 Å². The quantitative estimate of drug-likeness (QED) is 0.456. The number of hydrogen-bond acceptors (Lipinski definition) is 8. The van der Waals surface area contributed by atoms with Crippen LogP contribution in [0.3, 0.4) is 0 Å². The Kier molecular flexibility index (Phi) is 6.55. The van der Waals surface area contributed by atoms with Crippen molar-refractivity contribution in [2.45, 2.75) is 18.6 Å². The summed E-state index contributed by atoms with van der Waals surface area (Å²) in [5, 5.41) is 17.1. The van der Waals surface area contributed by atoms with E-state index in [1.54, 1.807) is 23.1 Å². The molecule has 0 saturated carbocycles. The molecule has 0 radical (unpaired) electrons. The Balaban J connectivity index is 1.57. The molecular weight excluding hydrogens is 386 g/mol. The van der Waals surface area contributed by atoms with Crippen LogP contribution in [0, 0.1) is 0 Å². The number of anilines is 1. The van der Waals surface area contributed by atoms with E-state index in [0.717, 1.165) is 5.56 Å². The molecule has 0 bridgehead atoms. The Morgan fingerprint density at radius 2 is 2.07 bits per heavy atom. The van der Waals surface area contributed by atoms with Gasteiger partial charge < -0.3 is 10.1 Å². The van der Waals surface area contributed by atoms with Crippen molar-refractivity contribution in [3.63, 3.8) is 0 Å². The van der Waals surface area contributed by atoms with E-state index in [1.807, 2.05) is 30.3 Å². The maximum absolute atomic E-state index is 12.3. The minimum absolute atomic E-state index is 0.120. The van der Waals surface area contributed by atoms with E-state index in [1.165, 1.54) is 23.1 Å². The van der Waals surface area contributed by atoms with Crippen molar-refractivity contribution in [1.29, 1.82) is 0 Å². The van der Waals surface area contributed by atoms with Gasteiger partial charge >= 0.3 is 5.97 Å². The highest BCUT2D eigenvalue weighted by molar-refractivity contribution is 7.99. The van der Waals surface area contributed by atoms with Crippen LogP contribution in [0.4, 0.5) is 5.00 Å². The first-order chi connectivity index (χ1) is 13.2. The van der Waals surface area contributed by atoms with Gasteiger partial charge in [0.25, 0.3) is 0 Å². The second-order valence-electron chi connectivity index (χ2n) is 5.33. The molecule has 0 aliphatic rings. The van der Waals surface area contributed by atoms with Crippen LogP contribution in [0.1, 0.15) is 22.8 Å². The maximum Gasteiger partial charge on any atom is 0.341 e. The van der Waals surface area contributed by atoms with Crippen LogP contribution >= 0.6 is 23.1 Å². The van der Waals surface area contributed by atoms with Gasteiger partial charge in [0.1, 0.15) is 5.00 Å². The van der Waals surface area contributed by atoms with E-state index < -0.39 is 5.97 Å². The lowest BCUT2D eigenvalue weighted by molar-refractivity contribution is -0.113. The molecule has 1 amide bonds. The number of carbonyl (C=O) groups excluding carboxylic acids is 2. The van der Waals surface area contributed by atoms with Crippen molar-refractivity contribution in [2.75, 3.05) is 17.7 Å². The molecule has 0 saturated heterocycles. The standard InChI is InChI=1S/C17H17N5O3S2/c1-2-25-16(24)13-8-9-26-15(13)18-14(23)11-27-17-19-20-21-22(17)10-12-6-4-3-5-7-12/h3-9H,2,10-11H2,1H3,(H,18,23). The van der Waals surface area contributed by atoms with Gasteiger partial charge in [-0.25, -0.2) is 9.48 Å². The van der Waals surface area contributed by atoms with Crippen LogP contribution in [0.5, 0.6) is 0 Å². The van der Waals surface area contributed by atoms with Gasteiger partial charge in [-0.2, -0.15) is 0 Å². The fourth-order valence-electron chi connectivity index (χ4n) is 2.22. The molecule has 0 aliphatic carbocycles. The van der Waals surface area contributed by atoms with E-state index in [0.29, 0.717) is 22.3 Å². The molecule has 1 aromatic carbocycles. The predicted octanol–water partition coefficient (Wildman–Crippen LogP) is 2.69. The van der Waals surface area contributed by atoms with E-state index in [9.17, 15) is 9.59 Å². The summed E-state index contributed by atoms with van der Waals surface area (Å²) in [6.07, 6.45) is 0. The lowest BCUT2D eigenvalue weighted by Crippen LogP contribution is -2.16. The number of amides is 1. The summed E-state index contributed by atoms with van der Waals surface area (Å²) in [7, 11) is 0. The summed E-state index contributed by atoms with van der Waals surface area (Å²) in [5.41, 5.74) is 1.42. The molecule has 1 N–H and O–H groups in total. The molecule has 140 valence electrons. The second-order valence-corrected chi connectivity index (χ2v) is 7.18. The molecule has 2 aromatic heterocycles. The van der Waals surface area contributed by atoms with Crippen LogP contribution < -0.4 is 5.32 Å². The molecule has 10 heteroatoms. The average molecular weight is 403 g/mol. The Morgan fingerprint density at radius 1 is 1.26 bits per heavy atom. The first kappa shape index (κ1) is 19.1. The molecule has 2 heterocycles. The third kappa shape index (κ3) is 5.14. The summed E-state index contributed by atoms with van der Waals surface area (Å²) in [4.78, 5) is 24.1. The Bertz CT molecular complexity index is 910. The third-order valence-electron chi connectivity index (χ3n) is 3.42.